The van der Waals surface area contributed by atoms with Gasteiger partial charge in [0.05, 0.1) is 18.7 Å². The van der Waals surface area contributed by atoms with Crippen molar-refractivity contribution in [1.82, 2.24) is 9.80 Å². The molecule has 2 rings (SSSR count). The summed E-state index contributed by atoms with van der Waals surface area (Å²) >= 11 is 0. The van der Waals surface area contributed by atoms with Crippen LogP contribution in [0, 0.1) is 5.82 Å². The van der Waals surface area contributed by atoms with Gasteiger partial charge in [-0.05, 0) is 57.9 Å². The van der Waals surface area contributed by atoms with Crippen LogP contribution in [0.25, 0.3) is 0 Å². The number of halogens is 1. The number of likely N-dealkylation sites (tertiary alicyclic amines) is 1. The van der Waals surface area contributed by atoms with Crippen LogP contribution in [0.1, 0.15) is 51.6 Å². The van der Waals surface area contributed by atoms with Crippen LogP contribution in [0.4, 0.5) is 4.39 Å². The maximum absolute atomic E-state index is 13.1. The highest BCUT2D eigenvalue weighted by molar-refractivity contribution is 5.78. The molecule has 3 unspecified atom stereocenters. The first kappa shape index (κ1) is 18.9. The molecule has 3 atom stereocenters. The summed E-state index contributed by atoms with van der Waals surface area (Å²) in [7, 11) is 0. The molecule has 1 saturated heterocycles. The fraction of sp³-hybridized carbons (Fsp3) is 0.632. The number of carbonyl (C=O) groups is 1. The lowest BCUT2D eigenvalue weighted by molar-refractivity contribution is -0.136. The molecule has 0 saturated carbocycles. The Hall–Kier alpha value is -1.46. The number of aliphatic hydroxyl groups is 1. The van der Waals surface area contributed by atoms with Crippen LogP contribution in [0.2, 0.25) is 0 Å². The molecule has 1 N–H and O–H groups in total. The van der Waals surface area contributed by atoms with Crippen molar-refractivity contribution in [2.75, 3.05) is 19.6 Å². The Morgan fingerprint density at radius 2 is 2.00 bits per heavy atom. The first-order valence-electron chi connectivity index (χ1n) is 8.91. The highest BCUT2D eigenvalue weighted by Crippen LogP contribution is 2.23. The lowest BCUT2D eigenvalue weighted by atomic mass is 9.98. The van der Waals surface area contributed by atoms with Crippen LogP contribution in [0.3, 0.4) is 0 Å². The Kier molecular flexibility index (Phi) is 6.75. The minimum atomic E-state index is -0.428. The summed E-state index contributed by atoms with van der Waals surface area (Å²) in [4.78, 5) is 16.7. The summed E-state index contributed by atoms with van der Waals surface area (Å²) in [6, 6.07) is 6.28. The fourth-order valence-electron chi connectivity index (χ4n) is 3.61. The molecule has 0 aromatic heterocycles. The van der Waals surface area contributed by atoms with Crippen molar-refractivity contribution in [2.45, 2.75) is 58.2 Å². The van der Waals surface area contributed by atoms with Gasteiger partial charge in [-0.1, -0.05) is 18.6 Å². The van der Waals surface area contributed by atoms with Crippen LogP contribution >= 0.6 is 0 Å². The molecule has 5 heteroatoms. The molecule has 1 aliphatic rings. The van der Waals surface area contributed by atoms with E-state index in [1.54, 1.807) is 19.1 Å². The molecular weight excluding hydrogens is 307 g/mol. The summed E-state index contributed by atoms with van der Waals surface area (Å²) in [5.41, 5.74) is 0.928. The van der Waals surface area contributed by atoms with Gasteiger partial charge in [-0.15, -0.1) is 0 Å². The predicted octanol–water partition coefficient (Wildman–Crippen LogP) is 2.97. The number of hydrogen-bond donors (Lipinski definition) is 1. The van der Waals surface area contributed by atoms with Crippen molar-refractivity contribution in [2.24, 2.45) is 0 Å². The monoisotopic (exact) mass is 336 g/mol. The summed E-state index contributed by atoms with van der Waals surface area (Å²) < 4.78 is 13.1. The van der Waals surface area contributed by atoms with E-state index in [0.29, 0.717) is 13.1 Å². The molecule has 0 bridgehead atoms. The number of nitrogens with zero attached hydrogens (tertiary/aromatic N) is 2. The molecule has 4 nitrogen and oxygen atoms in total. The molecule has 1 amide bonds. The van der Waals surface area contributed by atoms with E-state index in [1.165, 1.54) is 12.1 Å². The van der Waals surface area contributed by atoms with Crippen molar-refractivity contribution in [3.63, 3.8) is 0 Å². The fourth-order valence-corrected chi connectivity index (χ4v) is 3.61. The maximum atomic E-state index is 13.1. The molecule has 1 aromatic rings. The maximum Gasteiger partial charge on any atom is 0.237 e. The van der Waals surface area contributed by atoms with E-state index in [1.807, 2.05) is 18.7 Å². The lowest BCUT2D eigenvalue weighted by Gasteiger charge is -2.38. The Morgan fingerprint density at radius 1 is 1.33 bits per heavy atom. The van der Waals surface area contributed by atoms with Gasteiger partial charge >= 0.3 is 0 Å². The zero-order valence-corrected chi connectivity index (χ0v) is 14.9. The Labute approximate surface area is 144 Å². The minimum Gasteiger partial charge on any atom is -0.392 e. The number of amides is 1. The van der Waals surface area contributed by atoms with Crippen molar-refractivity contribution in [3.05, 3.63) is 35.6 Å². The summed E-state index contributed by atoms with van der Waals surface area (Å²) in [5, 5.41) is 9.97. The quantitative estimate of drug-likeness (QED) is 0.868. The molecule has 0 aliphatic carbocycles. The van der Waals surface area contributed by atoms with Gasteiger partial charge in [-0.3, -0.25) is 9.69 Å². The standard InChI is InChI=1S/C19H29FN2O2/c1-4-22(14(2)16-8-10-17(20)11-9-16)19(24)13-21-12-6-5-7-18(21)15(3)23/h8-11,14-15,18,23H,4-7,12-13H2,1-3H3. The topological polar surface area (TPSA) is 43.8 Å². The largest absolute Gasteiger partial charge is 0.392 e. The Morgan fingerprint density at radius 3 is 2.58 bits per heavy atom. The van der Waals surface area contributed by atoms with E-state index in [2.05, 4.69) is 4.90 Å². The van der Waals surface area contributed by atoms with Gasteiger partial charge in [0, 0.05) is 12.6 Å². The number of piperidine rings is 1. The van der Waals surface area contributed by atoms with Crippen LogP contribution in [-0.2, 0) is 4.79 Å². The predicted molar refractivity (Wildman–Crippen MR) is 93.1 cm³/mol. The van der Waals surface area contributed by atoms with E-state index in [0.717, 1.165) is 31.4 Å². The van der Waals surface area contributed by atoms with Crippen molar-refractivity contribution < 1.29 is 14.3 Å². The first-order chi connectivity index (χ1) is 11.4. The highest BCUT2D eigenvalue weighted by Gasteiger charge is 2.30. The molecule has 1 fully saturated rings. The highest BCUT2D eigenvalue weighted by atomic mass is 19.1. The zero-order chi connectivity index (χ0) is 17.7. The van der Waals surface area contributed by atoms with Crippen LogP contribution < -0.4 is 0 Å². The Balaban J connectivity index is 2.06. The lowest BCUT2D eigenvalue weighted by Crippen LogP contribution is -2.50. The average Bonchev–Trinajstić information content (AvgIpc) is 2.56. The normalized spacial score (nSPS) is 21.3. The smallest absolute Gasteiger partial charge is 0.237 e. The molecule has 1 aromatic carbocycles. The molecule has 134 valence electrons. The molecule has 0 radical (unpaired) electrons. The third-order valence-corrected chi connectivity index (χ3v) is 5.04. The van der Waals surface area contributed by atoms with Gasteiger partial charge in [0.2, 0.25) is 5.91 Å². The number of rotatable bonds is 6. The van der Waals surface area contributed by atoms with Crippen LogP contribution in [0.5, 0.6) is 0 Å². The van der Waals surface area contributed by atoms with Crippen LogP contribution in [0.15, 0.2) is 24.3 Å². The number of hydrogen-bond acceptors (Lipinski definition) is 3. The van der Waals surface area contributed by atoms with Gasteiger partial charge in [0.25, 0.3) is 0 Å². The van der Waals surface area contributed by atoms with E-state index < -0.39 is 6.10 Å². The van der Waals surface area contributed by atoms with Crippen molar-refractivity contribution >= 4 is 5.91 Å². The third-order valence-electron chi connectivity index (χ3n) is 5.04. The van der Waals surface area contributed by atoms with Crippen LogP contribution in [-0.4, -0.2) is 52.6 Å². The molecule has 0 spiro atoms. The summed E-state index contributed by atoms with van der Waals surface area (Å²) in [6.07, 6.45) is 2.67. The molecule has 1 aliphatic heterocycles. The molecule has 1 heterocycles. The van der Waals surface area contributed by atoms with Crippen molar-refractivity contribution in [1.29, 1.82) is 0 Å². The SMILES string of the molecule is CCN(C(=O)CN1CCCCC1C(C)O)C(C)c1ccc(F)cc1. The Bertz CT molecular complexity index is 533. The summed E-state index contributed by atoms with van der Waals surface area (Å²) in [6.45, 7) is 7.51. The second-order valence-corrected chi connectivity index (χ2v) is 6.68. The second kappa shape index (κ2) is 8.58. The zero-order valence-electron chi connectivity index (χ0n) is 14.9. The average molecular weight is 336 g/mol. The van der Waals surface area contributed by atoms with Gasteiger partial charge in [0.1, 0.15) is 5.82 Å². The van der Waals surface area contributed by atoms with Gasteiger partial charge in [-0.2, -0.15) is 0 Å². The van der Waals surface area contributed by atoms with E-state index in [4.69, 9.17) is 0 Å². The van der Waals surface area contributed by atoms with Gasteiger partial charge in [0.15, 0.2) is 0 Å². The summed E-state index contributed by atoms with van der Waals surface area (Å²) in [5.74, 6) is -0.213. The van der Waals surface area contributed by atoms with E-state index in [9.17, 15) is 14.3 Å². The third kappa shape index (κ3) is 4.54. The molecular formula is C19H29FN2O2. The number of carbonyl (C=O) groups excluding carboxylic acids is 1. The number of aliphatic hydroxyl groups excluding tert-OH is 1. The second-order valence-electron chi connectivity index (χ2n) is 6.68. The minimum absolute atomic E-state index is 0.0573. The number of benzene rings is 1. The first-order valence-corrected chi connectivity index (χ1v) is 8.91. The molecule has 24 heavy (non-hydrogen) atoms. The number of likely N-dealkylation sites (N-methyl/N-ethyl adjacent to an activating group) is 1. The van der Waals surface area contributed by atoms with Gasteiger partial charge < -0.3 is 10.0 Å². The van der Waals surface area contributed by atoms with E-state index >= 15 is 0 Å². The van der Waals surface area contributed by atoms with Crippen molar-refractivity contribution in [3.8, 4) is 0 Å². The van der Waals surface area contributed by atoms with E-state index in [-0.39, 0.29) is 23.8 Å². The van der Waals surface area contributed by atoms with Gasteiger partial charge in [-0.25, -0.2) is 4.39 Å².